The van der Waals surface area contributed by atoms with Gasteiger partial charge in [-0.15, -0.1) is 0 Å². The highest BCUT2D eigenvalue weighted by atomic mass is 16.1. The van der Waals surface area contributed by atoms with Crippen molar-refractivity contribution in [3.8, 4) is 0 Å². The van der Waals surface area contributed by atoms with Crippen LogP contribution in [0.15, 0.2) is 24.3 Å². The van der Waals surface area contributed by atoms with Crippen LogP contribution in [-0.4, -0.2) is 21.9 Å². The number of carbonyl (C=O) groups is 1. The Bertz CT molecular complexity index is 502. The Kier molecular flexibility index (Phi) is 3.94. The molecule has 5 nitrogen and oxygen atoms in total. The van der Waals surface area contributed by atoms with E-state index in [1.165, 1.54) is 0 Å². The molecule has 1 atom stereocenters. The summed E-state index contributed by atoms with van der Waals surface area (Å²) in [6, 6.07) is 7.56. The van der Waals surface area contributed by atoms with Gasteiger partial charge in [-0.2, -0.15) is 0 Å². The number of nitrogens with zero attached hydrogens (tertiary/aromatic N) is 1. The summed E-state index contributed by atoms with van der Waals surface area (Å²) in [4.78, 5) is 19.0. The molecule has 4 N–H and O–H groups in total. The molecule has 0 fully saturated rings. The van der Waals surface area contributed by atoms with Crippen LogP contribution in [0, 0.1) is 0 Å². The number of hydrogen-bond donors (Lipinski definition) is 3. The number of benzene rings is 1. The molecule has 18 heavy (non-hydrogen) atoms. The van der Waals surface area contributed by atoms with E-state index in [9.17, 15) is 4.79 Å². The van der Waals surface area contributed by atoms with Gasteiger partial charge in [-0.3, -0.25) is 10.1 Å². The molecular weight excluding hydrogens is 228 g/mol. The minimum atomic E-state index is -0.102. The van der Waals surface area contributed by atoms with Crippen LogP contribution in [0.1, 0.15) is 26.2 Å². The monoisotopic (exact) mass is 246 g/mol. The van der Waals surface area contributed by atoms with E-state index < -0.39 is 0 Å². The van der Waals surface area contributed by atoms with Gasteiger partial charge in [0.2, 0.25) is 11.9 Å². The summed E-state index contributed by atoms with van der Waals surface area (Å²) in [6.45, 7) is 2.05. The molecular formula is C13H18N4O. The fourth-order valence-corrected chi connectivity index (χ4v) is 1.91. The van der Waals surface area contributed by atoms with Crippen molar-refractivity contribution in [3.05, 3.63) is 24.3 Å². The first-order valence-corrected chi connectivity index (χ1v) is 6.19. The van der Waals surface area contributed by atoms with Crippen molar-refractivity contribution in [2.24, 2.45) is 5.73 Å². The second kappa shape index (κ2) is 5.64. The van der Waals surface area contributed by atoms with E-state index in [4.69, 9.17) is 5.73 Å². The number of amides is 1. The molecule has 0 radical (unpaired) electrons. The summed E-state index contributed by atoms with van der Waals surface area (Å²) in [6.07, 6.45) is 2.16. The van der Waals surface area contributed by atoms with Crippen LogP contribution in [0.25, 0.3) is 11.0 Å². The second-order valence-electron chi connectivity index (χ2n) is 4.40. The maximum Gasteiger partial charge on any atom is 0.228 e. The van der Waals surface area contributed by atoms with Gasteiger partial charge in [0.25, 0.3) is 0 Å². The molecule has 1 heterocycles. The van der Waals surface area contributed by atoms with Crippen LogP contribution in [0.4, 0.5) is 5.95 Å². The number of aromatic nitrogens is 2. The summed E-state index contributed by atoms with van der Waals surface area (Å²) in [5.74, 6) is 0.375. The fourth-order valence-electron chi connectivity index (χ4n) is 1.91. The van der Waals surface area contributed by atoms with E-state index in [1.54, 1.807) is 0 Å². The molecule has 2 aromatic rings. The number of anilines is 1. The summed E-state index contributed by atoms with van der Waals surface area (Å²) < 4.78 is 0. The van der Waals surface area contributed by atoms with Crippen LogP contribution >= 0.6 is 0 Å². The lowest BCUT2D eigenvalue weighted by atomic mass is 10.1. The molecule has 1 aromatic carbocycles. The molecule has 0 aliphatic rings. The molecule has 0 aliphatic heterocycles. The minimum absolute atomic E-state index is 0.0839. The Morgan fingerprint density at radius 1 is 1.50 bits per heavy atom. The lowest BCUT2D eigenvalue weighted by molar-refractivity contribution is -0.116. The predicted octanol–water partition coefficient (Wildman–Crippen LogP) is 2.02. The molecule has 96 valence electrons. The Morgan fingerprint density at radius 2 is 2.28 bits per heavy atom. The zero-order valence-corrected chi connectivity index (χ0v) is 10.4. The van der Waals surface area contributed by atoms with Crippen molar-refractivity contribution < 1.29 is 4.79 Å². The zero-order chi connectivity index (χ0) is 13.0. The fraction of sp³-hybridized carbons (Fsp3) is 0.385. The topological polar surface area (TPSA) is 83.8 Å². The molecule has 1 aromatic heterocycles. The number of aromatic amines is 1. The maximum absolute atomic E-state index is 11.7. The molecule has 5 heteroatoms. The van der Waals surface area contributed by atoms with Gasteiger partial charge >= 0.3 is 0 Å². The normalized spacial score (nSPS) is 12.6. The first-order valence-electron chi connectivity index (χ1n) is 6.19. The van der Waals surface area contributed by atoms with E-state index >= 15 is 0 Å². The summed E-state index contributed by atoms with van der Waals surface area (Å²) in [5, 5.41) is 2.74. The quantitative estimate of drug-likeness (QED) is 0.754. The summed E-state index contributed by atoms with van der Waals surface area (Å²) in [5.41, 5.74) is 7.57. The Hall–Kier alpha value is -1.88. The third kappa shape index (κ3) is 3.07. The number of rotatable bonds is 5. The second-order valence-corrected chi connectivity index (χ2v) is 4.40. The molecule has 0 saturated heterocycles. The average Bonchev–Trinajstić information content (AvgIpc) is 2.70. The maximum atomic E-state index is 11.7. The molecule has 0 spiro atoms. The van der Waals surface area contributed by atoms with Crippen LogP contribution in [0.2, 0.25) is 0 Å². The number of fused-ring (bicyclic) bond motifs is 1. The number of imidazole rings is 1. The highest BCUT2D eigenvalue weighted by molar-refractivity contribution is 5.91. The van der Waals surface area contributed by atoms with Gasteiger partial charge in [0, 0.05) is 12.5 Å². The Morgan fingerprint density at radius 3 is 3.00 bits per heavy atom. The number of nitrogens with two attached hydrogens (primary N) is 1. The highest BCUT2D eigenvalue weighted by Crippen LogP contribution is 2.13. The van der Waals surface area contributed by atoms with Gasteiger partial charge in [-0.05, 0) is 18.6 Å². The van der Waals surface area contributed by atoms with Crippen molar-refractivity contribution in [3.63, 3.8) is 0 Å². The standard InChI is InChI=1S/C13H18N4O/c1-2-5-9(14)8-12(18)17-13-15-10-6-3-4-7-11(10)16-13/h3-4,6-7,9H,2,5,8,14H2,1H3,(H2,15,16,17,18). The molecule has 2 rings (SSSR count). The smallest absolute Gasteiger partial charge is 0.228 e. The predicted molar refractivity (Wildman–Crippen MR) is 72.2 cm³/mol. The van der Waals surface area contributed by atoms with Gasteiger partial charge in [0.15, 0.2) is 0 Å². The molecule has 1 unspecified atom stereocenters. The van der Waals surface area contributed by atoms with Crippen LogP contribution in [-0.2, 0) is 4.79 Å². The summed E-state index contributed by atoms with van der Waals surface area (Å²) >= 11 is 0. The summed E-state index contributed by atoms with van der Waals surface area (Å²) in [7, 11) is 0. The Balaban J connectivity index is 1.98. The van der Waals surface area contributed by atoms with Gasteiger partial charge in [0.1, 0.15) is 0 Å². The van der Waals surface area contributed by atoms with Crippen molar-refractivity contribution >= 4 is 22.9 Å². The number of para-hydroxylation sites is 2. The largest absolute Gasteiger partial charge is 0.327 e. The van der Waals surface area contributed by atoms with Crippen LogP contribution in [0.3, 0.4) is 0 Å². The van der Waals surface area contributed by atoms with E-state index in [-0.39, 0.29) is 11.9 Å². The van der Waals surface area contributed by atoms with E-state index in [0.717, 1.165) is 23.9 Å². The molecule has 0 saturated carbocycles. The number of carbonyl (C=O) groups excluding carboxylic acids is 1. The SMILES string of the molecule is CCCC(N)CC(=O)Nc1nc2ccccc2[nH]1. The lowest BCUT2D eigenvalue weighted by Crippen LogP contribution is -2.27. The van der Waals surface area contributed by atoms with Crippen molar-refractivity contribution in [1.82, 2.24) is 9.97 Å². The van der Waals surface area contributed by atoms with Crippen LogP contribution < -0.4 is 11.1 Å². The number of hydrogen-bond acceptors (Lipinski definition) is 3. The van der Waals surface area contributed by atoms with Crippen molar-refractivity contribution in [1.29, 1.82) is 0 Å². The lowest BCUT2D eigenvalue weighted by Gasteiger charge is -2.08. The van der Waals surface area contributed by atoms with E-state index in [1.807, 2.05) is 24.3 Å². The minimum Gasteiger partial charge on any atom is -0.327 e. The number of nitrogens with one attached hydrogen (secondary N) is 2. The third-order valence-corrected chi connectivity index (χ3v) is 2.75. The zero-order valence-electron chi connectivity index (χ0n) is 10.4. The van der Waals surface area contributed by atoms with Gasteiger partial charge in [0.05, 0.1) is 11.0 Å². The molecule has 0 bridgehead atoms. The average molecular weight is 246 g/mol. The van der Waals surface area contributed by atoms with E-state index in [2.05, 4.69) is 22.2 Å². The molecule has 1 amide bonds. The Labute approximate surface area is 106 Å². The highest BCUT2D eigenvalue weighted by Gasteiger charge is 2.10. The van der Waals surface area contributed by atoms with E-state index in [0.29, 0.717) is 12.4 Å². The van der Waals surface area contributed by atoms with Gasteiger partial charge in [-0.1, -0.05) is 25.5 Å². The third-order valence-electron chi connectivity index (χ3n) is 2.75. The van der Waals surface area contributed by atoms with Gasteiger partial charge < -0.3 is 10.7 Å². The number of H-pyrrole nitrogens is 1. The van der Waals surface area contributed by atoms with Crippen molar-refractivity contribution in [2.45, 2.75) is 32.2 Å². The molecule has 0 aliphatic carbocycles. The van der Waals surface area contributed by atoms with Gasteiger partial charge in [-0.25, -0.2) is 4.98 Å². The first kappa shape index (κ1) is 12.6. The first-order chi connectivity index (χ1) is 8.69. The van der Waals surface area contributed by atoms with Crippen molar-refractivity contribution in [2.75, 3.05) is 5.32 Å². The van der Waals surface area contributed by atoms with Crippen LogP contribution in [0.5, 0.6) is 0 Å².